The fraction of sp³-hybridized carbons (Fsp3) is 0.100. The monoisotopic (exact) mass is 185 g/mol. The average molecular weight is 185 g/mol. The van der Waals surface area contributed by atoms with Crippen LogP contribution < -0.4 is 0 Å². The Labute approximate surface area is 80.2 Å². The molecule has 0 aliphatic heterocycles. The molecule has 4 nitrogen and oxygen atoms in total. The van der Waals surface area contributed by atoms with Crippen LogP contribution in [0.2, 0.25) is 0 Å². The third-order valence-electron chi connectivity index (χ3n) is 2.09. The molecule has 1 aromatic heterocycles. The smallest absolute Gasteiger partial charge is 0.159 e. The molecular formula is C10H7N3O. The van der Waals surface area contributed by atoms with Crippen molar-refractivity contribution in [2.75, 3.05) is 0 Å². The van der Waals surface area contributed by atoms with Crippen molar-refractivity contribution in [2.45, 2.75) is 6.92 Å². The first-order chi connectivity index (χ1) is 6.72. The topological polar surface area (TPSA) is 69.5 Å². The van der Waals surface area contributed by atoms with Gasteiger partial charge in [-0.3, -0.25) is 9.89 Å². The van der Waals surface area contributed by atoms with E-state index in [1.54, 1.807) is 18.3 Å². The van der Waals surface area contributed by atoms with Gasteiger partial charge in [0.15, 0.2) is 5.78 Å². The van der Waals surface area contributed by atoms with E-state index in [0.717, 1.165) is 5.39 Å². The molecule has 0 spiro atoms. The lowest BCUT2D eigenvalue weighted by Crippen LogP contribution is -1.93. The number of fused-ring (bicyclic) bond motifs is 1. The first-order valence-electron chi connectivity index (χ1n) is 4.10. The molecule has 1 N–H and O–H groups in total. The van der Waals surface area contributed by atoms with E-state index in [9.17, 15) is 4.79 Å². The highest BCUT2D eigenvalue weighted by molar-refractivity contribution is 5.99. The van der Waals surface area contributed by atoms with Crippen molar-refractivity contribution in [1.82, 2.24) is 10.2 Å². The number of nitrogens with one attached hydrogen (secondary N) is 1. The first-order valence-corrected chi connectivity index (χ1v) is 4.10. The number of nitrogens with zero attached hydrogens (tertiary/aromatic N) is 2. The van der Waals surface area contributed by atoms with Gasteiger partial charge < -0.3 is 0 Å². The summed E-state index contributed by atoms with van der Waals surface area (Å²) in [7, 11) is 0. The predicted octanol–water partition coefficient (Wildman–Crippen LogP) is 1.64. The molecule has 0 bridgehead atoms. The summed E-state index contributed by atoms with van der Waals surface area (Å²) >= 11 is 0. The van der Waals surface area contributed by atoms with Gasteiger partial charge in [-0.15, -0.1) is 0 Å². The standard InChI is InChI=1S/C10H7N3O/c1-6(14)7-2-8(4-11)9-5-12-13-10(9)3-7/h2-3,5H,1H3,(H,12,13). The van der Waals surface area contributed by atoms with Crippen LogP contribution in [0.4, 0.5) is 0 Å². The lowest BCUT2D eigenvalue weighted by Gasteiger charge is -1.97. The van der Waals surface area contributed by atoms with Gasteiger partial charge in [0.2, 0.25) is 0 Å². The average Bonchev–Trinajstić information content (AvgIpc) is 2.63. The number of rotatable bonds is 1. The lowest BCUT2D eigenvalue weighted by molar-refractivity contribution is 0.101. The molecular weight excluding hydrogens is 178 g/mol. The Bertz CT molecular complexity index is 548. The third-order valence-corrected chi connectivity index (χ3v) is 2.09. The van der Waals surface area contributed by atoms with Crippen LogP contribution in [0.25, 0.3) is 10.9 Å². The van der Waals surface area contributed by atoms with Crippen LogP contribution in [0.3, 0.4) is 0 Å². The minimum atomic E-state index is -0.0574. The van der Waals surface area contributed by atoms with Crippen LogP contribution in [-0.4, -0.2) is 16.0 Å². The number of carbonyl (C=O) groups excluding carboxylic acids is 1. The molecule has 0 atom stereocenters. The lowest BCUT2D eigenvalue weighted by atomic mass is 10.1. The maximum absolute atomic E-state index is 11.1. The normalized spacial score (nSPS) is 10.0. The molecule has 0 aliphatic carbocycles. The van der Waals surface area contributed by atoms with E-state index in [-0.39, 0.29) is 5.78 Å². The first kappa shape index (κ1) is 8.45. The fourth-order valence-corrected chi connectivity index (χ4v) is 1.35. The molecule has 0 unspecified atom stereocenters. The van der Waals surface area contributed by atoms with E-state index in [2.05, 4.69) is 10.2 Å². The summed E-state index contributed by atoms with van der Waals surface area (Å²) in [5.74, 6) is -0.0574. The minimum absolute atomic E-state index is 0.0574. The molecule has 0 saturated carbocycles. The van der Waals surface area contributed by atoms with Gasteiger partial charge in [0.05, 0.1) is 23.3 Å². The number of Topliss-reactive ketones (excluding diaryl/α,β-unsaturated/α-hetero) is 1. The van der Waals surface area contributed by atoms with Crippen molar-refractivity contribution in [2.24, 2.45) is 0 Å². The van der Waals surface area contributed by atoms with Gasteiger partial charge >= 0.3 is 0 Å². The molecule has 0 fully saturated rings. The van der Waals surface area contributed by atoms with E-state index < -0.39 is 0 Å². The Morgan fingerprint density at radius 2 is 2.36 bits per heavy atom. The number of ketones is 1. The van der Waals surface area contributed by atoms with Crippen LogP contribution in [0.5, 0.6) is 0 Å². The van der Waals surface area contributed by atoms with Gasteiger partial charge in [0, 0.05) is 10.9 Å². The Kier molecular flexibility index (Phi) is 1.79. The minimum Gasteiger partial charge on any atom is -0.295 e. The maximum Gasteiger partial charge on any atom is 0.159 e. The number of benzene rings is 1. The summed E-state index contributed by atoms with van der Waals surface area (Å²) in [6.45, 7) is 1.47. The van der Waals surface area contributed by atoms with Gasteiger partial charge in [-0.05, 0) is 19.1 Å². The zero-order chi connectivity index (χ0) is 10.1. The third kappa shape index (κ3) is 1.15. The van der Waals surface area contributed by atoms with Crippen LogP contribution >= 0.6 is 0 Å². The molecule has 0 aliphatic rings. The molecule has 0 amide bonds. The second kappa shape index (κ2) is 2.96. The predicted molar refractivity (Wildman–Crippen MR) is 50.8 cm³/mol. The van der Waals surface area contributed by atoms with E-state index in [0.29, 0.717) is 16.6 Å². The van der Waals surface area contributed by atoms with Gasteiger partial charge in [0.25, 0.3) is 0 Å². The number of carbonyl (C=O) groups is 1. The molecule has 1 aromatic carbocycles. The van der Waals surface area contributed by atoms with Crippen LogP contribution in [0.15, 0.2) is 18.3 Å². The largest absolute Gasteiger partial charge is 0.295 e. The van der Waals surface area contributed by atoms with Gasteiger partial charge in [-0.1, -0.05) is 0 Å². The Hall–Kier alpha value is -2.15. The fourth-order valence-electron chi connectivity index (χ4n) is 1.35. The van der Waals surface area contributed by atoms with Crippen molar-refractivity contribution in [3.8, 4) is 6.07 Å². The zero-order valence-corrected chi connectivity index (χ0v) is 7.53. The second-order valence-electron chi connectivity index (χ2n) is 3.02. The number of hydrogen-bond acceptors (Lipinski definition) is 3. The van der Waals surface area contributed by atoms with Crippen molar-refractivity contribution in [3.05, 3.63) is 29.5 Å². The molecule has 14 heavy (non-hydrogen) atoms. The Balaban J connectivity index is 2.82. The van der Waals surface area contributed by atoms with Crippen molar-refractivity contribution in [3.63, 3.8) is 0 Å². The molecule has 68 valence electrons. The van der Waals surface area contributed by atoms with Gasteiger partial charge in [-0.2, -0.15) is 10.4 Å². The van der Waals surface area contributed by atoms with Crippen molar-refractivity contribution >= 4 is 16.7 Å². The van der Waals surface area contributed by atoms with Crippen LogP contribution in [0.1, 0.15) is 22.8 Å². The second-order valence-corrected chi connectivity index (χ2v) is 3.02. The highest BCUT2D eigenvalue weighted by Crippen LogP contribution is 2.18. The van der Waals surface area contributed by atoms with Crippen molar-refractivity contribution in [1.29, 1.82) is 5.26 Å². The van der Waals surface area contributed by atoms with E-state index >= 15 is 0 Å². The summed E-state index contributed by atoms with van der Waals surface area (Å²) in [6, 6.07) is 5.32. The van der Waals surface area contributed by atoms with E-state index in [4.69, 9.17) is 5.26 Å². The van der Waals surface area contributed by atoms with E-state index in [1.807, 2.05) is 6.07 Å². The number of hydrogen-bond donors (Lipinski definition) is 1. The molecule has 2 rings (SSSR count). The summed E-state index contributed by atoms with van der Waals surface area (Å²) in [6.07, 6.45) is 1.58. The van der Waals surface area contributed by atoms with E-state index in [1.165, 1.54) is 6.92 Å². The molecule has 4 heteroatoms. The number of aromatic amines is 1. The van der Waals surface area contributed by atoms with Crippen LogP contribution in [-0.2, 0) is 0 Å². The summed E-state index contributed by atoms with van der Waals surface area (Å²) in [5, 5.41) is 16.2. The highest BCUT2D eigenvalue weighted by Gasteiger charge is 2.07. The summed E-state index contributed by atoms with van der Waals surface area (Å²) in [4.78, 5) is 11.1. The van der Waals surface area contributed by atoms with Crippen LogP contribution in [0, 0.1) is 11.3 Å². The molecule has 1 heterocycles. The zero-order valence-electron chi connectivity index (χ0n) is 7.53. The molecule has 0 radical (unpaired) electrons. The maximum atomic E-state index is 11.1. The Morgan fingerprint density at radius 1 is 1.57 bits per heavy atom. The summed E-state index contributed by atoms with van der Waals surface area (Å²) < 4.78 is 0. The number of nitriles is 1. The SMILES string of the molecule is CC(=O)c1cc(C#N)c2cn[nH]c2c1. The number of H-pyrrole nitrogens is 1. The Morgan fingerprint density at radius 3 is 3.00 bits per heavy atom. The molecule has 2 aromatic rings. The van der Waals surface area contributed by atoms with Crippen molar-refractivity contribution < 1.29 is 4.79 Å². The van der Waals surface area contributed by atoms with Gasteiger partial charge in [0.1, 0.15) is 0 Å². The highest BCUT2D eigenvalue weighted by atomic mass is 16.1. The number of aromatic nitrogens is 2. The van der Waals surface area contributed by atoms with Gasteiger partial charge in [-0.25, -0.2) is 0 Å². The molecule has 0 saturated heterocycles. The quantitative estimate of drug-likeness (QED) is 0.686. The summed E-state index contributed by atoms with van der Waals surface area (Å²) in [5.41, 5.74) is 1.72.